The predicted octanol–water partition coefficient (Wildman–Crippen LogP) is 2.11. The van der Waals surface area contributed by atoms with Crippen LogP contribution in [0, 0.1) is 5.92 Å². The molecule has 8 rings (SSSR count). The molecule has 0 aromatic heterocycles. The van der Waals surface area contributed by atoms with Crippen LogP contribution in [0.5, 0.6) is 11.5 Å². The number of likely N-dealkylation sites (tertiary alicyclic amines) is 1. The zero-order valence-electron chi connectivity index (χ0n) is 19.8. The maximum Gasteiger partial charge on any atom is 0.261 e. The van der Waals surface area contributed by atoms with Gasteiger partial charge in [-0.1, -0.05) is 18.2 Å². The lowest BCUT2D eigenvalue weighted by Gasteiger charge is -2.65. The molecule has 3 N–H and O–H groups in total. The first kappa shape index (κ1) is 21.2. The Bertz CT molecular complexity index is 1320. The van der Waals surface area contributed by atoms with Gasteiger partial charge in [0.25, 0.3) is 11.8 Å². The fraction of sp³-hybridized carbons (Fsp3) is 0.500. The number of hydrogen-bond donors (Lipinski definition) is 3. The predicted molar refractivity (Wildman–Crippen MR) is 127 cm³/mol. The first-order chi connectivity index (χ1) is 17.4. The number of aromatic hydroxyl groups is 1. The first-order valence-electron chi connectivity index (χ1n) is 13.0. The summed E-state index contributed by atoms with van der Waals surface area (Å²) in [5.41, 5.74) is -0.147. The number of hydrogen-bond acceptors (Lipinski definition) is 7. The molecule has 186 valence electrons. The average molecular weight is 489 g/mol. The van der Waals surface area contributed by atoms with E-state index in [0.29, 0.717) is 54.0 Å². The highest BCUT2D eigenvalue weighted by Gasteiger charge is 2.75. The van der Waals surface area contributed by atoms with Gasteiger partial charge in [0, 0.05) is 12.1 Å². The molecule has 8 nitrogen and oxygen atoms in total. The Kier molecular flexibility index (Phi) is 3.93. The minimum absolute atomic E-state index is 0.0490. The van der Waals surface area contributed by atoms with Crippen molar-refractivity contribution in [3.05, 3.63) is 58.7 Å². The molecule has 2 aromatic rings. The Hall–Kier alpha value is -2.94. The molecule has 3 heterocycles. The summed E-state index contributed by atoms with van der Waals surface area (Å²) < 4.78 is 6.49. The summed E-state index contributed by atoms with van der Waals surface area (Å²) in [5.74, 6) is 0.131. The van der Waals surface area contributed by atoms with Gasteiger partial charge in [-0.2, -0.15) is 0 Å². The Balaban J connectivity index is 1.30. The summed E-state index contributed by atoms with van der Waals surface area (Å²) in [4.78, 5) is 30.5. The molecule has 1 unspecified atom stereocenters. The van der Waals surface area contributed by atoms with Gasteiger partial charge in [0.2, 0.25) is 0 Å². The second-order valence-electron chi connectivity index (χ2n) is 11.5. The number of phenols is 1. The number of phenolic OH excluding ortho intramolecular Hbond substituents is 1. The number of piperidine rings is 1. The van der Waals surface area contributed by atoms with Crippen LogP contribution >= 0.6 is 0 Å². The molecule has 1 saturated heterocycles. The topological polar surface area (TPSA) is 111 Å². The molecule has 2 amide bonds. The van der Waals surface area contributed by atoms with Gasteiger partial charge in [0.05, 0.1) is 40.3 Å². The second kappa shape index (κ2) is 6.68. The fourth-order valence-corrected chi connectivity index (χ4v) is 8.29. The minimum atomic E-state index is -1.31. The molecule has 3 aliphatic carbocycles. The van der Waals surface area contributed by atoms with Crippen LogP contribution in [0.15, 0.2) is 36.4 Å². The lowest BCUT2D eigenvalue weighted by atomic mass is 9.47. The van der Waals surface area contributed by atoms with Gasteiger partial charge in [-0.3, -0.25) is 19.4 Å². The van der Waals surface area contributed by atoms with Crippen LogP contribution < -0.4 is 4.74 Å². The highest BCUT2D eigenvalue weighted by Crippen LogP contribution is 2.68. The van der Waals surface area contributed by atoms with Crippen LogP contribution in [0.3, 0.4) is 0 Å². The summed E-state index contributed by atoms with van der Waals surface area (Å²) in [6, 6.07) is 9.02. The number of carbonyl (C=O) groups excluding carboxylic acids is 2. The molecule has 0 radical (unpaired) electrons. The molecule has 8 heteroatoms. The zero-order chi connectivity index (χ0) is 24.6. The lowest BCUT2D eigenvalue weighted by molar-refractivity contribution is -0.220. The maximum atomic E-state index is 13.5. The van der Waals surface area contributed by atoms with E-state index in [1.54, 1.807) is 30.3 Å². The summed E-state index contributed by atoms with van der Waals surface area (Å²) in [7, 11) is 0. The van der Waals surface area contributed by atoms with E-state index in [0.717, 1.165) is 6.54 Å². The van der Waals surface area contributed by atoms with Crippen molar-refractivity contribution in [1.29, 1.82) is 0 Å². The number of nitrogens with zero attached hydrogens (tertiary/aromatic N) is 2. The van der Waals surface area contributed by atoms with Crippen molar-refractivity contribution in [1.82, 2.24) is 9.80 Å². The number of benzene rings is 2. The number of carbonyl (C=O) groups is 2. The molecule has 3 aliphatic heterocycles. The van der Waals surface area contributed by atoms with Gasteiger partial charge in [-0.05, 0) is 68.3 Å². The summed E-state index contributed by atoms with van der Waals surface area (Å²) in [6.07, 6.45) is 1.96. The minimum Gasteiger partial charge on any atom is -0.504 e. The lowest BCUT2D eigenvalue weighted by Crippen LogP contribution is -2.79. The number of fused-ring (bicyclic) bond motifs is 1. The average Bonchev–Trinajstić information content (AvgIpc) is 3.56. The van der Waals surface area contributed by atoms with E-state index >= 15 is 0 Å². The molecule has 6 aliphatic rings. The maximum absolute atomic E-state index is 13.5. The van der Waals surface area contributed by atoms with Gasteiger partial charge in [-0.15, -0.1) is 0 Å². The molecule has 36 heavy (non-hydrogen) atoms. The largest absolute Gasteiger partial charge is 0.504 e. The quantitative estimate of drug-likeness (QED) is 0.568. The fourth-order valence-electron chi connectivity index (χ4n) is 8.29. The van der Waals surface area contributed by atoms with Crippen molar-refractivity contribution in [2.75, 3.05) is 13.1 Å². The van der Waals surface area contributed by atoms with E-state index in [1.165, 1.54) is 23.8 Å². The van der Waals surface area contributed by atoms with Crippen molar-refractivity contribution in [3.63, 3.8) is 0 Å². The number of amides is 2. The normalized spacial score (nSPS) is 38.1. The molecule has 2 saturated carbocycles. The van der Waals surface area contributed by atoms with E-state index < -0.39 is 35.3 Å². The van der Waals surface area contributed by atoms with Crippen LogP contribution in [-0.2, 0) is 5.41 Å². The highest BCUT2D eigenvalue weighted by atomic mass is 16.5. The third kappa shape index (κ3) is 2.28. The molecule has 2 bridgehead atoms. The zero-order valence-corrected chi connectivity index (χ0v) is 19.8. The van der Waals surface area contributed by atoms with Gasteiger partial charge in [0.15, 0.2) is 11.5 Å². The summed E-state index contributed by atoms with van der Waals surface area (Å²) >= 11 is 0. The molecular weight excluding hydrogens is 460 g/mol. The second-order valence-corrected chi connectivity index (χ2v) is 11.5. The van der Waals surface area contributed by atoms with Gasteiger partial charge >= 0.3 is 0 Å². The Labute approximate surface area is 208 Å². The molecular formula is C28H28N2O6. The Morgan fingerprint density at radius 3 is 2.42 bits per heavy atom. The van der Waals surface area contributed by atoms with Gasteiger partial charge in [0.1, 0.15) is 6.10 Å². The van der Waals surface area contributed by atoms with Crippen molar-refractivity contribution in [2.24, 2.45) is 5.92 Å². The van der Waals surface area contributed by atoms with Crippen molar-refractivity contribution >= 4 is 11.8 Å². The molecule has 1 spiro atoms. The van der Waals surface area contributed by atoms with E-state index in [-0.39, 0.29) is 23.3 Å². The number of aliphatic hydroxyl groups excluding tert-OH is 1. The number of imide groups is 1. The van der Waals surface area contributed by atoms with E-state index in [2.05, 4.69) is 4.90 Å². The van der Waals surface area contributed by atoms with Crippen LogP contribution in [0.1, 0.15) is 70.1 Å². The van der Waals surface area contributed by atoms with Crippen LogP contribution in [0.2, 0.25) is 0 Å². The summed E-state index contributed by atoms with van der Waals surface area (Å²) in [5, 5.41) is 35.0. The Morgan fingerprint density at radius 2 is 1.72 bits per heavy atom. The number of ether oxygens (including phenoxy) is 1. The SMILES string of the molecule is O=C1c2ccccc2C(=O)N1[C@@H]1CCC2(O)[C@H]3[C@@H](O)c4ccc(O)c5c4[C@@]2(CCN3CC2CC2)[C@H]1O5. The van der Waals surface area contributed by atoms with E-state index in [9.17, 15) is 24.9 Å². The van der Waals surface area contributed by atoms with Crippen molar-refractivity contribution < 1.29 is 29.6 Å². The van der Waals surface area contributed by atoms with E-state index in [1.807, 2.05) is 0 Å². The van der Waals surface area contributed by atoms with Crippen LogP contribution in [0.4, 0.5) is 0 Å². The highest BCUT2D eigenvalue weighted by molar-refractivity contribution is 6.21. The Morgan fingerprint density at radius 1 is 1.00 bits per heavy atom. The third-order valence-electron chi connectivity index (χ3n) is 9.93. The summed E-state index contributed by atoms with van der Waals surface area (Å²) in [6.45, 7) is 1.51. The molecule has 2 aromatic carbocycles. The number of rotatable bonds is 3. The van der Waals surface area contributed by atoms with Crippen molar-refractivity contribution in [3.8, 4) is 11.5 Å². The van der Waals surface area contributed by atoms with Crippen molar-refractivity contribution in [2.45, 2.75) is 67.4 Å². The number of aliphatic hydroxyl groups is 2. The third-order valence-corrected chi connectivity index (χ3v) is 9.93. The van der Waals surface area contributed by atoms with Crippen LogP contribution in [0.25, 0.3) is 0 Å². The van der Waals surface area contributed by atoms with Gasteiger partial charge < -0.3 is 20.1 Å². The van der Waals surface area contributed by atoms with E-state index in [4.69, 9.17) is 4.74 Å². The molecule has 6 atom stereocenters. The smallest absolute Gasteiger partial charge is 0.261 e. The molecule has 3 fully saturated rings. The monoisotopic (exact) mass is 488 g/mol. The standard InChI is InChI=1S/C28H28N2O6/c31-19-8-7-17-20-22(19)36-24-18(30-25(33)15-3-1-2-4-16(15)26(30)34)9-10-28(35)23(21(17)32)29(13-14-5-6-14)12-11-27(20,24)28/h1-4,7-8,14,18,21,23-24,31-32,35H,5-6,9-13H2/t18-,21+,23-,24+,27+,28?/m1/s1. The van der Waals surface area contributed by atoms with Crippen LogP contribution in [-0.4, -0.2) is 73.8 Å². The van der Waals surface area contributed by atoms with Gasteiger partial charge in [-0.25, -0.2) is 0 Å². The first-order valence-corrected chi connectivity index (χ1v) is 13.0.